The first-order valence-corrected chi connectivity index (χ1v) is 6.89. The maximum absolute atomic E-state index is 11.8. The molecule has 0 aromatic heterocycles. The van der Waals surface area contributed by atoms with Gasteiger partial charge in [-0.15, -0.1) is 24.0 Å². The number of halogens is 4. The van der Waals surface area contributed by atoms with Crippen LogP contribution >= 0.6 is 24.0 Å². The Hall–Kier alpha value is -0.260. The van der Waals surface area contributed by atoms with Crippen molar-refractivity contribution in [3.63, 3.8) is 0 Å². The Morgan fingerprint density at radius 3 is 2.11 bits per heavy atom. The van der Waals surface area contributed by atoms with Gasteiger partial charge in [0.25, 0.3) is 0 Å². The van der Waals surface area contributed by atoms with Crippen molar-refractivity contribution < 1.29 is 21.6 Å². The SMILES string of the molecule is CN=C(NCCC(F)(F)F)NCCS(C)(=O)=O.I. The topological polar surface area (TPSA) is 70.6 Å². The van der Waals surface area contributed by atoms with Crippen LogP contribution in [-0.2, 0) is 9.84 Å². The molecule has 110 valence electrons. The lowest BCUT2D eigenvalue weighted by molar-refractivity contribution is -0.132. The number of alkyl halides is 3. The Labute approximate surface area is 122 Å². The van der Waals surface area contributed by atoms with Gasteiger partial charge in [-0.25, -0.2) is 8.42 Å². The molecule has 0 radical (unpaired) electrons. The largest absolute Gasteiger partial charge is 0.390 e. The third-order valence-corrected chi connectivity index (χ3v) is 2.64. The zero-order valence-electron chi connectivity index (χ0n) is 10.0. The number of sulfone groups is 1. The second-order valence-electron chi connectivity index (χ2n) is 3.42. The smallest absolute Gasteiger partial charge is 0.356 e. The molecular weight excluding hydrogens is 386 g/mol. The summed E-state index contributed by atoms with van der Waals surface area (Å²) in [5, 5.41) is 5.04. The predicted octanol–water partition coefficient (Wildman–Crippen LogP) is 0.766. The van der Waals surface area contributed by atoms with E-state index < -0.39 is 22.4 Å². The summed E-state index contributed by atoms with van der Waals surface area (Å²) in [6.07, 6.45) is -4.12. The van der Waals surface area contributed by atoms with Gasteiger partial charge in [0.1, 0.15) is 9.84 Å². The molecule has 0 aliphatic carbocycles. The van der Waals surface area contributed by atoms with Crippen LogP contribution in [0.2, 0.25) is 0 Å². The highest BCUT2D eigenvalue weighted by atomic mass is 127. The number of nitrogens with one attached hydrogen (secondary N) is 2. The van der Waals surface area contributed by atoms with Crippen molar-refractivity contribution in [2.45, 2.75) is 12.6 Å². The number of hydrogen-bond acceptors (Lipinski definition) is 3. The number of nitrogens with zero attached hydrogens (tertiary/aromatic N) is 1. The molecule has 10 heteroatoms. The molecule has 0 bridgehead atoms. The van der Waals surface area contributed by atoms with Gasteiger partial charge < -0.3 is 10.6 Å². The molecular formula is C8H17F3IN3O2S. The van der Waals surface area contributed by atoms with Crippen molar-refractivity contribution in [2.75, 3.05) is 32.1 Å². The number of guanidine groups is 1. The van der Waals surface area contributed by atoms with Gasteiger partial charge in [0.2, 0.25) is 0 Å². The average molecular weight is 403 g/mol. The highest BCUT2D eigenvalue weighted by Gasteiger charge is 2.26. The molecule has 0 aromatic carbocycles. The second kappa shape index (κ2) is 8.77. The van der Waals surface area contributed by atoms with Crippen molar-refractivity contribution in [1.82, 2.24) is 10.6 Å². The minimum Gasteiger partial charge on any atom is -0.356 e. The fourth-order valence-electron chi connectivity index (χ4n) is 0.898. The first-order chi connectivity index (χ1) is 7.64. The molecule has 0 aliphatic heterocycles. The Morgan fingerprint density at radius 1 is 1.22 bits per heavy atom. The van der Waals surface area contributed by atoms with Crippen LogP contribution in [0, 0.1) is 0 Å². The molecule has 0 rings (SSSR count). The minimum atomic E-state index is -4.22. The van der Waals surface area contributed by atoms with Crippen LogP contribution in [-0.4, -0.2) is 52.7 Å². The van der Waals surface area contributed by atoms with Crippen LogP contribution in [0.3, 0.4) is 0 Å². The third kappa shape index (κ3) is 13.8. The van der Waals surface area contributed by atoms with E-state index in [1.54, 1.807) is 0 Å². The van der Waals surface area contributed by atoms with Crippen LogP contribution in [0.4, 0.5) is 13.2 Å². The Balaban J connectivity index is 0. The van der Waals surface area contributed by atoms with Gasteiger partial charge in [0.05, 0.1) is 12.2 Å². The van der Waals surface area contributed by atoms with Crippen LogP contribution < -0.4 is 10.6 Å². The van der Waals surface area contributed by atoms with Crippen molar-refractivity contribution in [2.24, 2.45) is 4.99 Å². The minimum absolute atomic E-state index is 0. The lowest BCUT2D eigenvalue weighted by Crippen LogP contribution is -2.40. The number of hydrogen-bond donors (Lipinski definition) is 2. The highest BCUT2D eigenvalue weighted by Crippen LogP contribution is 2.17. The van der Waals surface area contributed by atoms with E-state index in [-0.39, 0.29) is 48.8 Å². The van der Waals surface area contributed by atoms with Crippen LogP contribution in [0.25, 0.3) is 0 Å². The molecule has 0 fully saturated rings. The van der Waals surface area contributed by atoms with Gasteiger partial charge in [-0.1, -0.05) is 0 Å². The van der Waals surface area contributed by atoms with E-state index in [1.165, 1.54) is 7.05 Å². The van der Waals surface area contributed by atoms with Gasteiger partial charge in [-0.2, -0.15) is 13.2 Å². The molecule has 0 atom stereocenters. The molecule has 0 spiro atoms. The van der Waals surface area contributed by atoms with Gasteiger partial charge in [0, 0.05) is 26.4 Å². The van der Waals surface area contributed by atoms with Crippen LogP contribution in [0.5, 0.6) is 0 Å². The first kappa shape index (κ1) is 20.1. The molecule has 0 amide bonds. The summed E-state index contributed by atoms with van der Waals surface area (Å²) in [7, 11) is -1.70. The number of rotatable bonds is 5. The lowest BCUT2D eigenvalue weighted by atomic mass is 10.4. The molecule has 0 saturated heterocycles. The van der Waals surface area contributed by atoms with Crippen molar-refractivity contribution in [1.29, 1.82) is 0 Å². The maximum Gasteiger partial charge on any atom is 0.390 e. The van der Waals surface area contributed by atoms with Gasteiger partial charge in [-0.05, 0) is 0 Å². The maximum atomic E-state index is 11.8. The third-order valence-electron chi connectivity index (χ3n) is 1.69. The first-order valence-electron chi connectivity index (χ1n) is 4.83. The highest BCUT2D eigenvalue weighted by molar-refractivity contribution is 14.0. The molecule has 0 aromatic rings. The summed E-state index contributed by atoms with van der Waals surface area (Å²) >= 11 is 0. The monoisotopic (exact) mass is 403 g/mol. The van der Waals surface area contributed by atoms with Gasteiger partial charge >= 0.3 is 6.18 Å². The quantitative estimate of drug-likeness (QED) is 0.404. The van der Waals surface area contributed by atoms with E-state index in [0.717, 1.165) is 6.26 Å². The fraction of sp³-hybridized carbons (Fsp3) is 0.875. The fourth-order valence-corrected chi connectivity index (χ4v) is 1.37. The molecule has 2 N–H and O–H groups in total. The van der Waals surface area contributed by atoms with Crippen LogP contribution in [0.15, 0.2) is 4.99 Å². The van der Waals surface area contributed by atoms with E-state index in [4.69, 9.17) is 0 Å². The summed E-state index contributed by atoms with van der Waals surface area (Å²) in [6.45, 7) is -0.202. The zero-order valence-corrected chi connectivity index (χ0v) is 13.2. The summed E-state index contributed by atoms with van der Waals surface area (Å²) < 4.78 is 57.1. The Morgan fingerprint density at radius 2 is 1.72 bits per heavy atom. The molecule has 0 aliphatic rings. The lowest BCUT2D eigenvalue weighted by Gasteiger charge is -2.12. The van der Waals surface area contributed by atoms with Gasteiger partial charge in [0.15, 0.2) is 5.96 Å². The van der Waals surface area contributed by atoms with Crippen molar-refractivity contribution in [3.05, 3.63) is 0 Å². The van der Waals surface area contributed by atoms with E-state index in [0.29, 0.717) is 0 Å². The van der Waals surface area contributed by atoms with E-state index in [1.807, 2.05) is 0 Å². The predicted molar refractivity (Wildman–Crippen MR) is 75.2 cm³/mol. The summed E-state index contributed by atoms with van der Waals surface area (Å²) in [4.78, 5) is 3.66. The standard InChI is InChI=1S/C8H16F3N3O2S.HI/c1-12-7(13-4-3-8(9,10)11)14-5-6-17(2,15)16;/h3-6H2,1-2H3,(H2,12,13,14);1H. The summed E-state index contributed by atoms with van der Waals surface area (Å²) in [5.41, 5.74) is 0. The van der Waals surface area contributed by atoms with Crippen LogP contribution in [0.1, 0.15) is 6.42 Å². The normalized spacial score (nSPS) is 12.8. The molecule has 18 heavy (non-hydrogen) atoms. The van der Waals surface area contributed by atoms with Gasteiger partial charge in [-0.3, -0.25) is 4.99 Å². The van der Waals surface area contributed by atoms with E-state index >= 15 is 0 Å². The second-order valence-corrected chi connectivity index (χ2v) is 5.68. The Bertz CT molecular complexity index is 357. The molecule has 5 nitrogen and oxygen atoms in total. The van der Waals surface area contributed by atoms with Crippen molar-refractivity contribution in [3.8, 4) is 0 Å². The molecule has 0 heterocycles. The zero-order chi connectivity index (χ0) is 13.5. The number of aliphatic imine (C=N–C) groups is 1. The molecule has 0 unspecified atom stereocenters. The molecule has 0 saturated carbocycles. The summed E-state index contributed by atoms with van der Waals surface area (Å²) in [6, 6.07) is 0. The summed E-state index contributed by atoms with van der Waals surface area (Å²) in [5.74, 6) is 0.0466. The van der Waals surface area contributed by atoms with E-state index in [9.17, 15) is 21.6 Å². The van der Waals surface area contributed by atoms with E-state index in [2.05, 4.69) is 15.6 Å². The Kier molecular flexibility index (Phi) is 9.78. The average Bonchev–Trinajstić information content (AvgIpc) is 2.11. The van der Waals surface area contributed by atoms with Crippen molar-refractivity contribution >= 4 is 39.8 Å².